The van der Waals surface area contributed by atoms with Crippen molar-refractivity contribution in [1.82, 2.24) is 4.98 Å². The summed E-state index contributed by atoms with van der Waals surface area (Å²) >= 11 is 0. The Bertz CT molecular complexity index is 1430. The molecule has 232 valence electrons. The Morgan fingerprint density at radius 3 is 2.37 bits per heavy atom. The maximum absolute atomic E-state index is 13.6. The molecule has 7 atom stereocenters. The average Bonchev–Trinajstić information content (AvgIpc) is 3.30. The van der Waals surface area contributed by atoms with Gasteiger partial charge in [0.2, 0.25) is 0 Å². The lowest BCUT2D eigenvalue weighted by atomic mass is 9.50. The fraction of sp³-hybridized carbons (Fsp3) is 0.571. The molecule has 0 amide bonds. The summed E-state index contributed by atoms with van der Waals surface area (Å²) in [5.74, 6) is -1.87. The highest BCUT2D eigenvalue weighted by Gasteiger charge is 2.61. The van der Waals surface area contributed by atoms with Gasteiger partial charge in [0.05, 0.1) is 12.5 Å². The van der Waals surface area contributed by atoms with E-state index in [1.165, 1.54) is 19.4 Å². The Morgan fingerprint density at radius 1 is 1.02 bits per heavy atom. The molecular formula is C35H45NO7. The maximum Gasteiger partial charge on any atom is 0.312 e. The Labute approximate surface area is 254 Å². The van der Waals surface area contributed by atoms with Crippen LogP contribution in [0.1, 0.15) is 72.9 Å². The zero-order valence-electron chi connectivity index (χ0n) is 26.5. The van der Waals surface area contributed by atoms with Crippen molar-refractivity contribution in [1.29, 1.82) is 0 Å². The van der Waals surface area contributed by atoms with E-state index in [1.54, 1.807) is 7.11 Å². The van der Waals surface area contributed by atoms with Crippen LogP contribution in [-0.2, 0) is 39.8 Å². The minimum absolute atomic E-state index is 0.0925. The van der Waals surface area contributed by atoms with E-state index in [1.807, 2.05) is 30.3 Å². The van der Waals surface area contributed by atoms with Crippen LogP contribution in [-0.4, -0.2) is 54.4 Å². The van der Waals surface area contributed by atoms with Crippen molar-refractivity contribution in [2.75, 3.05) is 7.11 Å². The summed E-state index contributed by atoms with van der Waals surface area (Å²) < 4.78 is 24.6. The van der Waals surface area contributed by atoms with E-state index in [4.69, 9.17) is 18.9 Å². The lowest BCUT2D eigenvalue weighted by molar-refractivity contribution is -0.185. The van der Waals surface area contributed by atoms with Crippen LogP contribution in [0.2, 0.25) is 0 Å². The molecule has 2 fully saturated rings. The van der Waals surface area contributed by atoms with Gasteiger partial charge in [-0.3, -0.25) is 14.4 Å². The zero-order chi connectivity index (χ0) is 31.3. The number of aromatic amines is 1. The van der Waals surface area contributed by atoms with E-state index in [2.05, 4.69) is 39.3 Å². The quantitative estimate of drug-likeness (QED) is 0.241. The Hall–Kier alpha value is -3.39. The predicted molar refractivity (Wildman–Crippen MR) is 163 cm³/mol. The number of esters is 3. The number of carbonyl (C=O) groups excluding carboxylic acids is 3. The lowest BCUT2D eigenvalue weighted by Gasteiger charge is -2.59. The third-order valence-electron chi connectivity index (χ3n) is 10.2. The summed E-state index contributed by atoms with van der Waals surface area (Å²) in [4.78, 5) is 41.7. The molecule has 43 heavy (non-hydrogen) atoms. The van der Waals surface area contributed by atoms with Gasteiger partial charge in [-0.05, 0) is 65.7 Å². The van der Waals surface area contributed by atoms with Crippen molar-refractivity contribution in [2.24, 2.45) is 22.7 Å². The molecule has 3 aliphatic rings. The molecule has 1 N–H and O–H groups in total. The van der Waals surface area contributed by atoms with Crippen molar-refractivity contribution in [2.45, 2.75) is 98.1 Å². The SMILES string of the molecule is C=C1[C@@H](OC(C)=O)CCC2(C)C[C@H](OC)C3=C(C)C[C@H](OC(=O)Cc4cc5ccccc5[nH]4)C([C@@H](OC(C)=O)[C@H]12)C3(C)C. The summed E-state index contributed by atoms with van der Waals surface area (Å²) in [6, 6.07) is 9.86. The van der Waals surface area contributed by atoms with E-state index < -0.39 is 35.6 Å². The second-order valence-corrected chi connectivity index (χ2v) is 13.6. The van der Waals surface area contributed by atoms with Crippen molar-refractivity contribution in [3.05, 3.63) is 59.3 Å². The Morgan fingerprint density at radius 2 is 1.72 bits per heavy atom. The van der Waals surface area contributed by atoms with Crippen LogP contribution in [0.5, 0.6) is 0 Å². The van der Waals surface area contributed by atoms with Gasteiger partial charge < -0.3 is 23.9 Å². The molecule has 2 unspecified atom stereocenters. The molecule has 1 heterocycles. The van der Waals surface area contributed by atoms with Crippen LogP contribution in [0.4, 0.5) is 0 Å². The van der Waals surface area contributed by atoms with E-state index >= 15 is 0 Å². The van der Waals surface area contributed by atoms with Gasteiger partial charge in [-0.25, -0.2) is 0 Å². The first-order valence-corrected chi connectivity index (χ1v) is 15.3. The van der Waals surface area contributed by atoms with Gasteiger partial charge in [0, 0.05) is 50.4 Å². The van der Waals surface area contributed by atoms with Gasteiger partial charge in [0.25, 0.3) is 0 Å². The average molecular weight is 592 g/mol. The Kier molecular flexibility index (Phi) is 8.38. The molecule has 1 aromatic carbocycles. The summed E-state index contributed by atoms with van der Waals surface area (Å²) in [5.41, 5.74) is 3.86. The fourth-order valence-electron chi connectivity index (χ4n) is 8.64. The molecule has 8 nitrogen and oxygen atoms in total. The third kappa shape index (κ3) is 5.78. The van der Waals surface area contributed by atoms with E-state index in [0.29, 0.717) is 19.3 Å². The van der Waals surface area contributed by atoms with Gasteiger partial charge >= 0.3 is 17.9 Å². The summed E-state index contributed by atoms with van der Waals surface area (Å²) in [5, 5.41) is 1.03. The number of carbonyl (C=O) groups is 3. The van der Waals surface area contributed by atoms with Crippen LogP contribution >= 0.6 is 0 Å². The maximum atomic E-state index is 13.6. The molecule has 2 aromatic rings. The number of hydrogen-bond donors (Lipinski definition) is 1. The second kappa shape index (κ2) is 11.6. The molecule has 0 aliphatic heterocycles. The number of H-pyrrole nitrogens is 1. The highest BCUT2D eigenvalue weighted by Crippen LogP contribution is 2.60. The third-order valence-corrected chi connectivity index (χ3v) is 10.2. The number of rotatable bonds is 6. The normalized spacial score (nSPS) is 31.9. The monoisotopic (exact) mass is 591 g/mol. The van der Waals surface area contributed by atoms with Gasteiger partial charge in [-0.2, -0.15) is 0 Å². The van der Waals surface area contributed by atoms with Crippen LogP contribution in [0.3, 0.4) is 0 Å². The Balaban J connectivity index is 1.57. The first kappa shape index (κ1) is 31.0. The van der Waals surface area contributed by atoms with Crippen LogP contribution in [0.15, 0.2) is 53.6 Å². The molecule has 8 heteroatoms. The van der Waals surface area contributed by atoms with Gasteiger partial charge in [0.15, 0.2) is 0 Å². The van der Waals surface area contributed by atoms with E-state index in [-0.39, 0.29) is 35.8 Å². The van der Waals surface area contributed by atoms with Crippen LogP contribution < -0.4 is 0 Å². The largest absolute Gasteiger partial charge is 0.461 e. The number of methoxy groups -OCH3 is 1. The van der Waals surface area contributed by atoms with Gasteiger partial charge in [0.1, 0.15) is 18.3 Å². The number of aromatic nitrogens is 1. The molecule has 5 rings (SSSR count). The second-order valence-electron chi connectivity index (χ2n) is 13.6. The summed E-state index contributed by atoms with van der Waals surface area (Å²) in [6.07, 6.45) is 0.783. The number of ether oxygens (including phenoxy) is 4. The summed E-state index contributed by atoms with van der Waals surface area (Å²) in [7, 11) is 1.74. The minimum Gasteiger partial charge on any atom is -0.461 e. The van der Waals surface area contributed by atoms with Crippen LogP contribution in [0, 0.1) is 22.7 Å². The zero-order valence-corrected chi connectivity index (χ0v) is 26.5. The molecule has 2 bridgehead atoms. The molecular weight excluding hydrogens is 546 g/mol. The number of nitrogens with one attached hydrogen (secondary N) is 1. The van der Waals surface area contributed by atoms with E-state index in [9.17, 15) is 14.4 Å². The van der Waals surface area contributed by atoms with Crippen molar-refractivity contribution < 1.29 is 33.3 Å². The fourth-order valence-corrected chi connectivity index (χ4v) is 8.64. The van der Waals surface area contributed by atoms with Gasteiger partial charge in [-0.1, -0.05) is 51.1 Å². The minimum atomic E-state index is -0.657. The predicted octanol–water partition coefficient (Wildman–Crippen LogP) is 6.24. The molecule has 1 aromatic heterocycles. The number of benzene rings is 1. The number of hydrogen-bond acceptors (Lipinski definition) is 7. The topological polar surface area (TPSA) is 104 Å². The first-order valence-electron chi connectivity index (χ1n) is 15.3. The van der Waals surface area contributed by atoms with Crippen molar-refractivity contribution in [3.63, 3.8) is 0 Å². The molecule has 0 radical (unpaired) electrons. The highest BCUT2D eigenvalue weighted by molar-refractivity contribution is 5.82. The van der Waals surface area contributed by atoms with Crippen molar-refractivity contribution >= 4 is 28.8 Å². The van der Waals surface area contributed by atoms with Crippen LogP contribution in [0.25, 0.3) is 10.9 Å². The first-order chi connectivity index (χ1) is 20.2. The summed E-state index contributed by atoms with van der Waals surface area (Å²) in [6.45, 7) is 15.8. The number of fused-ring (bicyclic) bond motifs is 4. The highest BCUT2D eigenvalue weighted by atomic mass is 16.6. The van der Waals surface area contributed by atoms with Gasteiger partial charge in [-0.15, -0.1) is 0 Å². The van der Waals surface area contributed by atoms with E-state index in [0.717, 1.165) is 34.2 Å². The molecule has 0 spiro atoms. The standard InChI is InChI=1S/C35H45NO7/c1-19-15-27(43-29(39)17-24-16-23-11-9-10-12-25(23)36-24)32-33(42-22(4)38)31-20(2)26(41-21(3)37)13-14-35(31,7)18-28(40-8)30(19)34(32,5)6/h9-12,16,26-28,31-33,36H,2,13-15,17-18H2,1,3-8H3/t26-,27-,28-,31-,32?,33-,35?/m0/s1. The molecule has 0 saturated heterocycles. The lowest BCUT2D eigenvalue weighted by Crippen LogP contribution is -2.60. The molecule has 2 saturated carbocycles. The number of para-hydroxylation sites is 1. The van der Waals surface area contributed by atoms with Crippen molar-refractivity contribution in [3.8, 4) is 0 Å². The molecule has 3 aliphatic carbocycles. The smallest absolute Gasteiger partial charge is 0.312 e.